The van der Waals surface area contributed by atoms with E-state index in [2.05, 4.69) is 20.6 Å². The quantitative estimate of drug-likeness (QED) is 0.587. The van der Waals surface area contributed by atoms with E-state index < -0.39 is 0 Å². The van der Waals surface area contributed by atoms with Gasteiger partial charge >= 0.3 is 0 Å². The molecule has 3 rings (SSSR count). The lowest BCUT2D eigenvalue weighted by molar-refractivity contribution is -0.119. The minimum absolute atomic E-state index is 0.000838. The summed E-state index contributed by atoms with van der Waals surface area (Å²) in [5, 5.41) is 16.5. The van der Waals surface area contributed by atoms with Gasteiger partial charge in [0.25, 0.3) is 0 Å². The molecule has 0 unspecified atom stereocenters. The molecule has 146 valence electrons. The highest BCUT2D eigenvalue weighted by Gasteiger charge is 2.11. The highest BCUT2D eigenvalue weighted by Crippen LogP contribution is 2.24. The summed E-state index contributed by atoms with van der Waals surface area (Å²) in [5.74, 6) is 1.73. The molecular formula is C20H23N5O2S. The van der Waals surface area contributed by atoms with Gasteiger partial charge in [-0.05, 0) is 55.8 Å². The van der Waals surface area contributed by atoms with Gasteiger partial charge in [-0.1, -0.05) is 18.7 Å². The Kier molecular flexibility index (Phi) is 6.65. The zero-order chi connectivity index (χ0) is 19.9. The van der Waals surface area contributed by atoms with Crippen LogP contribution in [0.15, 0.2) is 53.7 Å². The first-order chi connectivity index (χ1) is 13.6. The van der Waals surface area contributed by atoms with Crippen molar-refractivity contribution in [3.8, 4) is 22.8 Å². The van der Waals surface area contributed by atoms with Crippen LogP contribution in [0.2, 0.25) is 0 Å². The Morgan fingerprint density at radius 2 is 1.96 bits per heavy atom. The summed E-state index contributed by atoms with van der Waals surface area (Å²) in [6, 6.07) is 13.6. The van der Waals surface area contributed by atoms with E-state index in [4.69, 9.17) is 4.74 Å². The first-order valence-electron chi connectivity index (χ1n) is 9.05. The number of methoxy groups -OCH3 is 1. The van der Waals surface area contributed by atoms with E-state index in [1.807, 2.05) is 56.3 Å². The van der Waals surface area contributed by atoms with E-state index in [1.165, 1.54) is 11.8 Å². The average Bonchev–Trinajstić information content (AvgIpc) is 3.22. The number of thioether (sulfide) groups is 1. The molecular weight excluding hydrogens is 374 g/mol. The van der Waals surface area contributed by atoms with Gasteiger partial charge in [0.05, 0.1) is 24.8 Å². The molecule has 0 saturated heterocycles. The Bertz CT molecular complexity index is 909. The molecule has 1 N–H and O–H groups in total. The van der Waals surface area contributed by atoms with E-state index >= 15 is 0 Å². The molecule has 0 aliphatic rings. The largest absolute Gasteiger partial charge is 0.497 e. The third kappa shape index (κ3) is 4.89. The van der Waals surface area contributed by atoms with Gasteiger partial charge in [-0.3, -0.25) is 4.79 Å². The fraction of sp³-hybridized carbons (Fsp3) is 0.300. The van der Waals surface area contributed by atoms with Crippen LogP contribution in [0.4, 0.5) is 0 Å². The third-order valence-electron chi connectivity index (χ3n) is 4.24. The number of nitrogens with zero attached hydrogens (tertiary/aromatic N) is 4. The Morgan fingerprint density at radius 3 is 2.61 bits per heavy atom. The molecule has 1 amide bonds. The number of rotatable bonds is 8. The molecule has 2 aromatic heterocycles. The summed E-state index contributed by atoms with van der Waals surface area (Å²) in [5.41, 5.74) is 1.91. The minimum Gasteiger partial charge on any atom is -0.497 e. The molecule has 0 fully saturated rings. The topological polar surface area (TPSA) is 81.9 Å². The highest BCUT2D eigenvalue weighted by molar-refractivity contribution is 7.99. The molecule has 2 heterocycles. The number of amides is 1. The first kappa shape index (κ1) is 19.9. The Labute approximate surface area is 168 Å². The molecule has 0 aliphatic carbocycles. The van der Waals surface area contributed by atoms with Crippen molar-refractivity contribution in [3.63, 3.8) is 0 Å². The van der Waals surface area contributed by atoms with E-state index in [0.717, 1.165) is 23.4 Å². The van der Waals surface area contributed by atoms with Crippen molar-refractivity contribution in [2.45, 2.75) is 31.3 Å². The van der Waals surface area contributed by atoms with Crippen LogP contribution in [0, 0.1) is 0 Å². The summed E-state index contributed by atoms with van der Waals surface area (Å²) in [7, 11) is 1.64. The summed E-state index contributed by atoms with van der Waals surface area (Å²) < 4.78 is 6.94. The summed E-state index contributed by atoms with van der Waals surface area (Å²) in [6.45, 7) is 4.03. The number of ether oxygens (including phenoxy) is 1. The Balaban J connectivity index is 1.69. The van der Waals surface area contributed by atoms with Gasteiger partial charge in [-0.2, -0.15) is 5.10 Å². The van der Waals surface area contributed by atoms with Crippen LogP contribution in [0.1, 0.15) is 20.3 Å². The molecule has 0 bridgehead atoms. The Morgan fingerprint density at radius 1 is 1.18 bits per heavy atom. The van der Waals surface area contributed by atoms with Crippen LogP contribution in [-0.2, 0) is 4.79 Å². The van der Waals surface area contributed by atoms with Crippen LogP contribution in [0.3, 0.4) is 0 Å². The lowest BCUT2D eigenvalue weighted by atomic mass is 10.1. The minimum atomic E-state index is -0.000838. The van der Waals surface area contributed by atoms with Crippen molar-refractivity contribution >= 4 is 17.7 Å². The van der Waals surface area contributed by atoms with Gasteiger partial charge in [-0.15, -0.1) is 10.2 Å². The van der Waals surface area contributed by atoms with E-state index in [-0.39, 0.29) is 11.9 Å². The SMILES string of the molecule is CC[C@@H](C)NC(=O)CSc1ccc(-n2nccc2-c2ccc(OC)cc2)nn1. The number of hydrogen-bond acceptors (Lipinski definition) is 6. The molecule has 0 saturated carbocycles. The predicted molar refractivity (Wildman–Crippen MR) is 110 cm³/mol. The lowest BCUT2D eigenvalue weighted by Gasteiger charge is -2.10. The molecule has 0 radical (unpaired) electrons. The maximum atomic E-state index is 11.9. The van der Waals surface area contributed by atoms with Gasteiger partial charge in [-0.25, -0.2) is 4.68 Å². The van der Waals surface area contributed by atoms with E-state index in [9.17, 15) is 4.79 Å². The van der Waals surface area contributed by atoms with E-state index in [1.54, 1.807) is 18.0 Å². The second-order valence-corrected chi connectivity index (χ2v) is 7.25. The Hall–Kier alpha value is -2.87. The number of carbonyl (C=O) groups is 1. The molecule has 1 aromatic carbocycles. The summed E-state index contributed by atoms with van der Waals surface area (Å²) in [6.07, 6.45) is 2.63. The predicted octanol–water partition coefficient (Wildman–Crippen LogP) is 3.34. The highest BCUT2D eigenvalue weighted by atomic mass is 32.2. The molecule has 3 aromatic rings. The maximum Gasteiger partial charge on any atom is 0.230 e. The standard InChI is InChI=1S/C20H23N5O2S/c1-4-14(2)22-19(26)13-28-20-10-9-18(23-24-20)25-17(11-12-21-25)15-5-7-16(27-3)8-6-15/h5-12,14H,4,13H2,1-3H3,(H,22,26)/t14-/m1/s1. The first-order valence-corrected chi connectivity index (χ1v) is 10.0. The average molecular weight is 398 g/mol. The summed E-state index contributed by atoms with van der Waals surface area (Å²) >= 11 is 1.36. The smallest absolute Gasteiger partial charge is 0.230 e. The number of aromatic nitrogens is 4. The molecule has 8 heteroatoms. The second kappa shape index (κ2) is 9.36. The van der Waals surface area contributed by atoms with Gasteiger partial charge < -0.3 is 10.1 Å². The molecule has 1 atom stereocenters. The number of hydrogen-bond donors (Lipinski definition) is 1. The van der Waals surface area contributed by atoms with Crippen LogP contribution in [-0.4, -0.2) is 44.8 Å². The van der Waals surface area contributed by atoms with Crippen molar-refractivity contribution in [1.29, 1.82) is 0 Å². The zero-order valence-electron chi connectivity index (χ0n) is 16.1. The van der Waals surface area contributed by atoms with E-state index in [0.29, 0.717) is 16.6 Å². The molecule has 0 spiro atoms. The van der Waals surface area contributed by atoms with Crippen LogP contribution in [0.5, 0.6) is 5.75 Å². The van der Waals surface area contributed by atoms with Crippen LogP contribution < -0.4 is 10.1 Å². The fourth-order valence-corrected chi connectivity index (χ4v) is 3.15. The number of carbonyl (C=O) groups excluding carboxylic acids is 1. The van der Waals surface area contributed by atoms with Crippen molar-refractivity contribution in [2.75, 3.05) is 12.9 Å². The second-order valence-electron chi connectivity index (χ2n) is 6.25. The lowest BCUT2D eigenvalue weighted by Crippen LogP contribution is -2.33. The van der Waals surface area contributed by atoms with Crippen molar-refractivity contribution < 1.29 is 9.53 Å². The van der Waals surface area contributed by atoms with Crippen LogP contribution in [0.25, 0.3) is 17.1 Å². The normalized spacial score (nSPS) is 11.8. The maximum absolute atomic E-state index is 11.9. The zero-order valence-corrected chi connectivity index (χ0v) is 16.9. The van der Waals surface area contributed by atoms with Crippen molar-refractivity contribution in [3.05, 3.63) is 48.7 Å². The fourth-order valence-electron chi connectivity index (χ4n) is 2.53. The summed E-state index contributed by atoms with van der Waals surface area (Å²) in [4.78, 5) is 11.9. The molecule has 0 aliphatic heterocycles. The number of nitrogens with one attached hydrogen (secondary N) is 1. The van der Waals surface area contributed by atoms with Gasteiger partial charge in [0.2, 0.25) is 5.91 Å². The molecule has 7 nitrogen and oxygen atoms in total. The monoisotopic (exact) mass is 397 g/mol. The van der Waals surface area contributed by atoms with Gasteiger partial charge in [0.1, 0.15) is 10.8 Å². The van der Waals surface area contributed by atoms with Crippen molar-refractivity contribution in [2.24, 2.45) is 0 Å². The third-order valence-corrected chi connectivity index (χ3v) is 5.16. The van der Waals surface area contributed by atoms with Gasteiger partial charge in [0.15, 0.2) is 5.82 Å². The van der Waals surface area contributed by atoms with Gasteiger partial charge in [0, 0.05) is 11.6 Å². The van der Waals surface area contributed by atoms with Crippen molar-refractivity contribution in [1.82, 2.24) is 25.3 Å². The molecule has 28 heavy (non-hydrogen) atoms. The number of benzene rings is 1. The van der Waals surface area contributed by atoms with Crippen LogP contribution >= 0.6 is 11.8 Å².